The van der Waals surface area contributed by atoms with Crippen LogP contribution in [0.3, 0.4) is 0 Å². The number of nitrogens with one attached hydrogen (secondary N) is 1. The number of hydrogen-bond acceptors (Lipinski definition) is 3. The van der Waals surface area contributed by atoms with Gasteiger partial charge in [-0.2, -0.15) is 0 Å². The molecule has 1 aliphatic heterocycles. The molecule has 4 atom stereocenters. The molecule has 7 heteroatoms. The van der Waals surface area contributed by atoms with E-state index in [1.54, 1.807) is 6.07 Å². The highest BCUT2D eigenvalue weighted by atomic mass is 79.9. The van der Waals surface area contributed by atoms with Crippen LogP contribution in [0, 0.1) is 18.8 Å². The lowest BCUT2D eigenvalue weighted by molar-refractivity contribution is -0.139. The van der Waals surface area contributed by atoms with Gasteiger partial charge in [0.25, 0.3) is 0 Å². The summed E-state index contributed by atoms with van der Waals surface area (Å²) in [5.41, 5.74) is 1.79. The van der Waals surface area contributed by atoms with E-state index in [0.717, 1.165) is 11.3 Å². The highest BCUT2D eigenvalue weighted by Gasteiger charge is 2.51. The zero-order valence-electron chi connectivity index (χ0n) is 12.6. The Morgan fingerprint density at radius 3 is 2.26 bits per heavy atom. The number of nitrogens with zero attached hydrogens (tertiary/aromatic N) is 1. The van der Waals surface area contributed by atoms with Gasteiger partial charge >= 0.3 is 0 Å². The van der Waals surface area contributed by atoms with Gasteiger partial charge in [0.15, 0.2) is 0 Å². The molecule has 1 aromatic carbocycles. The third-order valence-electron chi connectivity index (χ3n) is 4.62. The third kappa shape index (κ3) is 3.30. The van der Waals surface area contributed by atoms with Gasteiger partial charge in [-0.25, -0.2) is 0 Å². The van der Waals surface area contributed by atoms with Crippen molar-refractivity contribution >= 4 is 61.0 Å². The number of benzene rings is 1. The van der Waals surface area contributed by atoms with E-state index in [9.17, 15) is 9.59 Å². The van der Waals surface area contributed by atoms with Crippen molar-refractivity contribution in [3.05, 3.63) is 28.8 Å². The summed E-state index contributed by atoms with van der Waals surface area (Å²) in [4.78, 5) is 26.9. The zero-order valence-corrected chi connectivity index (χ0v) is 16.5. The molecule has 124 valence electrons. The second kappa shape index (κ2) is 6.73. The first-order valence-electron chi connectivity index (χ1n) is 7.52. The molecule has 0 unspecified atom stereocenters. The molecule has 0 radical (unpaired) electrons. The van der Waals surface area contributed by atoms with Crippen LogP contribution in [0.1, 0.15) is 18.4 Å². The van der Waals surface area contributed by atoms with E-state index in [4.69, 9.17) is 11.6 Å². The number of hydrogen-bond donors (Lipinski definition) is 1. The Hall–Kier alpha value is -0.590. The molecule has 0 aromatic heterocycles. The number of carbonyl (C=O) groups excluding carboxylic acids is 2. The number of fused-ring (bicyclic) bond motifs is 1. The maximum Gasteiger partial charge on any atom is 0.234 e. The Labute approximate surface area is 157 Å². The number of anilines is 1. The fourth-order valence-electron chi connectivity index (χ4n) is 3.19. The molecule has 2 aliphatic rings. The predicted octanol–water partition coefficient (Wildman–Crippen LogP) is 3.94. The quantitative estimate of drug-likeness (QED) is 0.545. The molecule has 1 aliphatic carbocycles. The van der Waals surface area contributed by atoms with E-state index in [1.807, 2.05) is 19.1 Å². The number of aryl methyl sites for hydroxylation is 1. The largest absolute Gasteiger partial charge is 0.367 e. The van der Waals surface area contributed by atoms with Crippen LogP contribution in [0.4, 0.5) is 5.69 Å². The van der Waals surface area contributed by atoms with E-state index in [0.29, 0.717) is 17.9 Å². The lowest BCUT2D eigenvalue weighted by atomic mass is 9.81. The number of alkyl halides is 2. The number of rotatable bonds is 3. The summed E-state index contributed by atoms with van der Waals surface area (Å²) < 4.78 is 0. The van der Waals surface area contributed by atoms with Crippen molar-refractivity contribution in [2.24, 2.45) is 11.8 Å². The molecule has 2 fully saturated rings. The van der Waals surface area contributed by atoms with Gasteiger partial charge in [0, 0.05) is 20.4 Å². The Kier molecular flexibility index (Phi) is 5.04. The van der Waals surface area contributed by atoms with Crippen LogP contribution >= 0.6 is 43.5 Å². The first-order chi connectivity index (χ1) is 10.9. The van der Waals surface area contributed by atoms with E-state index in [-0.39, 0.29) is 40.0 Å². The summed E-state index contributed by atoms with van der Waals surface area (Å²) in [6.07, 6.45) is 1.38. The van der Waals surface area contributed by atoms with Gasteiger partial charge in [-0.1, -0.05) is 49.5 Å². The number of carbonyl (C=O) groups is 2. The molecule has 1 aromatic rings. The molecule has 23 heavy (non-hydrogen) atoms. The van der Waals surface area contributed by atoms with Crippen LogP contribution in [0.15, 0.2) is 18.2 Å². The van der Waals surface area contributed by atoms with Crippen molar-refractivity contribution in [2.75, 3.05) is 12.0 Å². The minimum atomic E-state index is -0.205. The molecule has 0 spiro atoms. The molecule has 0 bridgehead atoms. The number of amides is 2. The minimum absolute atomic E-state index is 0.0745. The Morgan fingerprint density at radius 1 is 1.17 bits per heavy atom. The van der Waals surface area contributed by atoms with Crippen LogP contribution in [0.5, 0.6) is 0 Å². The SMILES string of the molecule is Cc1ccc(NCN2C(=O)[C@@H]3C[C@@H](Br)[C@@H](Br)C[C@H]3C2=O)cc1Cl. The van der Waals surface area contributed by atoms with Crippen molar-refractivity contribution < 1.29 is 9.59 Å². The van der Waals surface area contributed by atoms with Crippen molar-refractivity contribution in [2.45, 2.75) is 29.4 Å². The first-order valence-corrected chi connectivity index (χ1v) is 9.73. The van der Waals surface area contributed by atoms with Crippen LogP contribution in [-0.2, 0) is 9.59 Å². The van der Waals surface area contributed by atoms with Gasteiger partial charge < -0.3 is 5.32 Å². The van der Waals surface area contributed by atoms with Gasteiger partial charge in [-0.05, 0) is 37.5 Å². The van der Waals surface area contributed by atoms with Gasteiger partial charge in [-0.15, -0.1) is 0 Å². The molecule has 3 rings (SSSR count). The molecule has 1 saturated carbocycles. The van der Waals surface area contributed by atoms with Crippen molar-refractivity contribution in [3.8, 4) is 0 Å². The Balaban J connectivity index is 1.70. The van der Waals surface area contributed by atoms with E-state index < -0.39 is 0 Å². The second-order valence-electron chi connectivity index (χ2n) is 6.12. The molecule has 2 amide bonds. The number of likely N-dealkylation sites (tertiary alicyclic amines) is 1. The van der Waals surface area contributed by atoms with Gasteiger partial charge in [-0.3, -0.25) is 14.5 Å². The second-order valence-corrected chi connectivity index (χ2v) is 8.88. The van der Waals surface area contributed by atoms with E-state index in [2.05, 4.69) is 37.2 Å². The summed E-state index contributed by atoms with van der Waals surface area (Å²) in [5.74, 6) is -0.558. The lowest BCUT2D eigenvalue weighted by Gasteiger charge is -2.29. The van der Waals surface area contributed by atoms with Gasteiger partial charge in [0.05, 0.1) is 18.5 Å². The van der Waals surface area contributed by atoms with Crippen molar-refractivity contribution in [1.82, 2.24) is 4.90 Å². The lowest BCUT2D eigenvalue weighted by Crippen LogP contribution is -2.35. The monoisotopic (exact) mass is 462 g/mol. The Morgan fingerprint density at radius 2 is 1.74 bits per heavy atom. The van der Waals surface area contributed by atoms with Crippen LogP contribution in [0.25, 0.3) is 0 Å². The average molecular weight is 465 g/mol. The highest BCUT2D eigenvalue weighted by molar-refractivity contribution is 9.12. The van der Waals surface area contributed by atoms with Crippen molar-refractivity contribution in [3.63, 3.8) is 0 Å². The standard InChI is InChI=1S/C16H17Br2ClN2O2/c1-8-2-3-9(4-14(8)19)20-7-21-15(22)10-5-12(17)13(18)6-11(10)16(21)23/h2-4,10-13,20H,5-7H2,1H3/t10-,11-,12-,13+/m1/s1. The zero-order chi connectivity index (χ0) is 16.7. The summed E-state index contributed by atoms with van der Waals surface area (Å²) in [7, 11) is 0. The Bertz CT molecular complexity index is 627. The van der Waals surface area contributed by atoms with Gasteiger partial charge in [0.2, 0.25) is 11.8 Å². The topological polar surface area (TPSA) is 49.4 Å². The van der Waals surface area contributed by atoms with Crippen LogP contribution in [0.2, 0.25) is 5.02 Å². The maximum atomic E-state index is 12.5. The maximum absolute atomic E-state index is 12.5. The molecule has 1 heterocycles. The minimum Gasteiger partial charge on any atom is -0.367 e. The first kappa shape index (κ1) is 17.2. The summed E-state index contributed by atoms with van der Waals surface area (Å²) in [5, 5.41) is 3.78. The fraction of sp³-hybridized carbons (Fsp3) is 0.500. The highest BCUT2D eigenvalue weighted by Crippen LogP contribution is 2.43. The van der Waals surface area contributed by atoms with Crippen LogP contribution < -0.4 is 5.32 Å². The number of imide groups is 1. The normalized spacial score (nSPS) is 30.5. The molecular weight excluding hydrogens is 447 g/mol. The average Bonchev–Trinajstić information content (AvgIpc) is 2.73. The summed E-state index contributed by atoms with van der Waals surface area (Å²) in [6.45, 7) is 2.11. The predicted molar refractivity (Wildman–Crippen MR) is 98.2 cm³/mol. The smallest absolute Gasteiger partial charge is 0.234 e. The van der Waals surface area contributed by atoms with Gasteiger partial charge in [0.1, 0.15) is 0 Å². The fourth-order valence-corrected chi connectivity index (χ4v) is 4.61. The third-order valence-corrected chi connectivity index (χ3v) is 7.76. The molecular formula is C16H17Br2ClN2O2. The van der Waals surface area contributed by atoms with E-state index >= 15 is 0 Å². The molecule has 1 saturated heterocycles. The molecule has 1 N–H and O–H groups in total. The van der Waals surface area contributed by atoms with Crippen LogP contribution in [-0.4, -0.2) is 33.0 Å². The number of halogens is 3. The van der Waals surface area contributed by atoms with Crippen molar-refractivity contribution in [1.29, 1.82) is 0 Å². The summed E-state index contributed by atoms with van der Waals surface area (Å²) in [6, 6.07) is 5.60. The van der Waals surface area contributed by atoms with E-state index in [1.165, 1.54) is 4.90 Å². The molecule has 4 nitrogen and oxygen atoms in total. The summed E-state index contributed by atoms with van der Waals surface area (Å²) >= 11 is 13.3.